The van der Waals surface area contributed by atoms with Gasteiger partial charge in [0.2, 0.25) is 0 Å². The van der Waals surface area contributed by atoms with E-state index >= 15 is 0 Å². The highest BCUT2D eigenvalue weighted by atomic mass is 16.5. The maximum Gasteiger partial charge on any atom is 0.305 e. The molecule has 110 valence electrons. The number of nitriles is 1. The number of aryl methyl sites for hydroxylation is 1. The molecule has 1 aromatic heterocycles. The van der Waals surface area contributed by atoms with Crippen LogP contribution in [0.15, 0.2) is 24.4 Å². The summed E-state index contributed by atoms with van der Waals surface area (Å²) in [6.07, 6.45) is 6.37. The molecule has 0 aliphatic heterocycles. The van der Waals surface area contributed by atoms with Gasteiger partial charge in [-0.1, -0.05) is 6.42 Å². The van der Waals surface area contributed by atoms with Crippen LogP contribution in [0.3, 0.4) is 0 Å². The number of esters is 1. The lowest BCUT2D eigenvalue weighted by atomic mass is 10.0. The minimum atomic E-state index is -0.108. The average molecular weight is 284 g/mol. The second-order valence-electron chi connectivity index (χ2n) is 5.05. The Hall–Kier alpha value is -2.28. The second kappa shape index (κ2) is 7.49. The molecule has 0 fully saturated rings. The zero-order valence-electron chi connectivity index (χ0n) is 12.3. The SMILES string of the molecule is CCOC(=O)CCCCCc1c[nH]c2ccc(C#N)cc12. The first-order chi connectivity index (χ1) is 10.2. The molecule has 0 spiro atoms. The number of benzene rings is 1. The van der Waals surface area contributed by atoms with Crippen LogP contribution in [-0.2, 0) is 16.0 Å². The van der Waals surface area contributed by atoms with E-state index in [1.807, 2.05) is 31.3 Å². The first-order valence-corrected chi connectivity index (χ1v) is 7.40. The fraction of sp³-hybridized carbons (Fsp3) is 0.412. The van der Waals surface area contributed by atoms with Crippen molar-refractivity contribution in [1.82, 2.24) is 4.98 Å². The normalized spacial score (nSPS) is 10.5. The number of hydrogen-bond acceptors (Lipinski definition) is 3. The van der Waals surface area contributed by atoms with Crippen LogP contribution < -0.4 is 0 Å². The van der Waals surface area contributed by atoms with Crippen LogP contribution in [0.1, 0.15) is 43.7 Å². The number of carbonyl (C=O) groups is 1. The molecule has 4 heteroatoms. The Balaban J connectivity index is 1.84. The van der Waals surface area contributed by atoms with Gasteiger partial charge in [0.25, 0.3) is 0 Å². The van der Waals surface area contributed by atoms with Gasteiger partial charge in [-0.05, 0) is 49.9 Å². The summed E-state index contributed by atoms with van der Waals surface area (Å²) in [6, 6.07) is 7.87. The zero-order chi connectivity index (χ0) is 15.1. The third-order valence-corrected chi connectivity index (χ3v) is 3.53. The van der Waals surface area contributed by atoms with Crippen LogP contribution in [0.5, 0.6) is 0 Å². The van der Waals surface area contributed by atoms with Crippen molar-refractivity contribution in [3.8, 4) is 6.07 Å². The fourth-order valence-electron chi connectivity index (χ4n) is 2.45. The van der Waals surface area contributed by atoms with Gasteiger partial charge in [-0.15, -0.1) is 0 Å². The van der Waals surface area contributed by atoms with Crippen LogP contribution in [0.25, 0.3) is 10.9 Å². The van der Waals surface area contributed by atoms with Crippen molar-refractivity contribution in [2.45, 2.75) is 39.0 Å². The molecule has 2 aromatic rings. The van der Waals surface area contributed by atoms with E-state index in [0.717, 1.165) is 36.6 Å². The lowest BCUT2D eigenvalue weighted by Gasteiger charge is -2.02. The molecule has 2 rings (SSSR count). The Labute approximate surface area is 124 Å². The lowest BCUT2D eigenvalue weighted by Crippen LogP contribution is -2.03. The average Bonchev–Trinajstić information content (AvgIpc) is 2.89. The molecule has 21 heavy (non-hydrogen) atoms. The Kier molecular flexibility index (Phi) is 5.39. The van der Waals surface area contributed by atoms with Crippen LogP contribution in [-0.4, -0.2) is 17.6 Å². The topological polar surface area (TPSA) is 65.9 Å². The Bertz CT molecular complexity index is 652. The van der Waals surface area contributed by atoms with Gasteiger partial charge < -0.3 is 9.72 Å². The number of unbranched alkanes of at least 4 members (excludes halogenated alkanes) is 2. The van der Waals surface area contributed by atoms with Gasteiger partial charge in [0.1, 0.15) is 0 Å². The number of H-pyrrole nitrogens is 1. The van der Waals surface area contributed by atoms with Gasteiger partial charge in [-0.25, -0.2) is 0 Å². The molecule has 0 aliphatic rings. The maximum absolute atomic E-state index is 11.2. The van der Waals surface area contributed by atoms with E-state index in [1.165, 1.54) is 5.56 Å². The molecule has 0 saturated heterocycles. The van der Waals surface area contributed by atoms with E-state index in [1.54, 1.807) is 0 Å². The lowest BCUT2D eigenvalue weighted by molar-refractivity contribution is -0.143. The summed E-state index contributed by atoms with van der Waals surface area (Å²) >= 11 is 0. The van der Waals surface area contributed by atoms with Crippen molar-refractivity contribution in [3.63, 3.8) is 0 Å². The summed E-state index contributed by atoms with van der Waals surface area (Å²) < 4.78 is 4.90. The number of nitrogens with zero attached hydrogens (tertiary/aromatic N) is 1. The van der Waals surface area contributed by atoms with E-state index in [4.69, 9.17) is 10.00 Å². The van der Waals surface area contributed by atoms with Gasteiger partial charge in [0.15, 0.2) is 0 Å². The molecule has 4 nitrogen and oxygen atoms in total. The number of carbonyl (C=O) groups excluding carboxylic acids is 1. The molecule has 1 aromatic carbocycles. The Morgan fingerprint density at radius 1 is 1.33 bits per heavy atom. The summed E-state index contributed by atoms with van der Waals surface area (Å²) in [6.45, 7) is 2.28. The van der Waals surface area contributed by atoms with Gasteiger partial charge in [0, 0.05) is 23.5 Å². The molecule has 0 radical (unpaired) electrons. The first-order valence-electron chi connectivity index (χ1n) is 7.40. The molecule has 0 amide bonds. The minimum absolute atomic E-state index is 0.108. The molecule has 0 bridgehead atoms. The number of aromatic nitrogens is 1. The van der Waals surface area contributed by atoms with Gasteiger partial charge in [-0.2, -0.15) is 5.26 Å². The van der Waals surface area contributed by atoms with Gasteiger partial charge in [0.05, 0.1) is 18.2 Å². The van der Waals surface area contributed by atoms with E-state index in [0.29, 0.717) is 18.6 Å². The second-order valence-corrected chi connectivity index (χ2v) is 5.05. The summed E-state index contributed by atoms with van der Waals surface area (Å²) in [5.74, 6) is -0.108. The summed E-state index contributed by atoms with van der Waals surface area (Å²) in [7, 11) is 0. The number of nitrogens with one attached hydrogen (secondary N) is 1. The first kappa shape index (κ1) is 15.1. The van der Waals surface area contributed by atoms with Crippen LogP contribution in [0, 0.1) is 11.3 Å². The fourth-order valence-corrected chi connectivity index (χ4v) is 2.45. The highest BCUT2D eigenvalue weighted by Crippen LogP contribution is 2.21. The number of fused-ring (bicyclic) bond motifs is 1. The molecule has 1 N–H and O–H groups in total. The van der Waals surface area contributed by atoms with Gasteiger partial charge in [-0.3, -0.25) is 4.79 Å². The smallest absolute Gasteiger partial charge is 0.305 e. The number of ether oxygens (including phenoxy) is 1. The Morgan fingerprint density at radius 2 is 2.19 bits per heavy atom. The van der Waals surface area contributed by atoms with Crippen molar-refractivity contribution in [3.05, 3.63) is 35.5 Å². The predicted octanol–water partition coefficient (Wildman–Crippen LogP) is 3.71. The zero-order valence-corrected chi connectivity index (χ0v) is 12.3. The van der Waals surface area contributed by atoms with Crippen molar-refractivity contribution >= 4 is 16.9 Å². The molecular weight excluding hydrogens is 264 g/mol. The van der Waals surface area contributed by atoms with Crippen LogP contribution in [0.2, 0.25) is 0 Å². The Morgan fingerprint density at radius 3 is 2.95 bits per heavy atom. The van der Waals surface area contributed by atoms with Crippen molar-refractivity contribution in [1.29, 1.82) is 5.26 Å². The van der Waals surface area contributed by atoms with Gasteiger partial charge >= 0.3 is 5.97 Å². The highest BCUT2D eigenvalue weighted by molar-refractivity contribution is 5.84. The minimum Gasteiger partial charge on any atom is -0.466 e. The third-order valence-electron chi connectivity index (χ3n) is 3.53. The van der Waals surface area contributed by atoms with Crippen molar-refractivity contribution < 1.29 is 9.53 Å². The van der Waals surface area contributed by atoms with E-state index < -0.39 is 0 Å². The maximum atomic E-state index is 11.2. The number of aromatic amines is 1. The monoisotopic (exact) mass is 284 g/mol. The molecule has 1 heterocycles. The predicted molar refractivity (Wildman–Crippen MR) is 81.8 cm³/mol. The summed E-state index contributed by atoms with van der Waals surface area (Å²) in [4.78, 5) is 14.5. The quantitative estimate of drug-likeness (QED) is 0.622. The number of rotatable bonds is 7. The van der Waals surface area contributed by atoms with Crippen molar-refractivity contribution in [2.24, 2.45) is 0 Å². The van der Waals surface area contributed by atoms with Crippen LogP contribution in [0.4, 0.5) is 0 Å². The third kappa shape index (κ3) is 4.09. The molecule has 0 unspecified atom stereocenters. The van der Waals surface area contributed by atoms with E-state index in [-0.39, 0.29) is 5.97 Å². The molecular formula is C17H20N2O2. The molecule has 0 atom stereocenters. The van der Waals surface area contributed by atoms with Crippen molar-refractivity contribution in [2.75, 3.05) is 6.61 Å². The largest absolute Gasteiger partial charge is 0.466 e. The van der Waals surface area contributed by atoms with E-state index in [9.17, 15) is 4.79 Å². The van der Waals surface area contributed by atoms with Crippen LogP contribution >= 0.6 is 0 Å². The summed E-state index contributed by atoms with van der Waals surface area (Å²) in [5, 5.41) is 10.1. The standard InChI is InChI=1S/C17H20N2O2/c1-2-21-17(20)7-5-3-4-6-14-12-19-16-9-8-13(11-18)10-15(14)16/h8-10,12,19H,2-7H2,1H3. The van der Waals surface area contributed by atoms with E-state index in [2.05, 4.69) is 11.1 Å². The molecule has 0 aliphatic carbocycles. The number of hydrogen-bond donors (Lipinski definition) is 1. The molecule has 0 saturated carbocycles. The highest BCUT2D eigenvalue weighted by Gasteiger charge is 2.05. The summed E-state index contributed by atoms with van der Waals surface area (Å²) in [5.41, 5.74) is 2.99.